The minimum atomic E-state index is -4.56. The second kappa shape index (κ2) is 6.51. The monoisotopic (exact) mass is 323 g/mol. The Labute approximate surface area is 129 Å². The number of hydrogen-bond acceptors (Lipinski definition) is 3. The highest BCUT2D eigenvalue weighted by Crippen LogP contribution is 2.29. The van der Waals surface area contributed by atoms with Gasteiger partial charge < -0.3 is 4.84 Å². The van der Waals surface area contributed by atoms with E-state index in [4.69, 9.17) is 0 Å². The molecule has 0 saturated carbocycles. The second-order valence-corrected chi connectivity index (χ2v) is 4.71. The van der Waals surface area contributed by atoms with Crippen LogP contribution in [0, 0.1) is 6.92 Å². The number of hydrogen-bond donors (Lipinski definition) is 1. The van der Waals surface area contributed by atoms with E-state index < -0.39 is 23.6 Å². The molecule has 0 saturated heterocycles. The highest BCUT2D eigenvalue weighted by atomic mass is 19.4. The first-order valence-corrected chi connectivity index (χ1v) is 6.53. The van der Waals surface area contributed by atoms with Crippen LogP contribution in [-0.2, 0) is 11.0 Å². The van der Waals surface area contributed by atoms with Crippen LogP contribution in [0.25, 0.3) is 0 Å². The van der Waals surface area contributed by atoms with Crippen molar-refractivity contribution in [2.75, 3.05) is 0 Å². The molecule has 1 amide bonds. The molecule has 2 aromatic rings. The van der Waals surface area contributed by atoms with Gasteiger partial charge >= 0.3 is 12.1 Å². The largest absolute Gasteiger partial charge is 0.416 e. The summed E-state index contributed by atoms with van der Waals surface area (Å²) in [6, 6.07) is 10.4. The Morgan fingerprint density at radius 3 is 2.39 bits per heavy atom. The molecule has 0 heterocycles. The van der Waals surface area contributed by atoms with Gasteiger partial charge in [0, 0.05) is 5.56 Å². The SMILES string of the molecule is Cc1ccccc1C(=O)ONC(=O)c1cccc(C(F)(F)F)c1. The molecule has 0 spiro atoms. The Morgan fingerprint density at radius 2 is 1.74 bits per heavy atom. The number of aryl methyl sites for hydroxylation is 1. The third-order valence-electron chi connectivity index (χ3n) is 3.05. The molecule has 23 heavy (non-hydrogen) atoms. The van der Waals surface area contributed by atoms with Crippen molar-refractivity contribution in [3.63, 3.8) is 0 Å². The minimum absolute atomic E-state index is 0.247. The van der Waals surface area contributed by atoms with Crippen LogP contribution in [0.15, 0.2) is 48.5 Å². The van der Waals surface area contributed by atoms with Crippen molar-refractivity contribution in [2.45, 2.75) is 13.1 Å². The van der Waals surface area contributed by atoms with Gasteiger partial charge in [-0.05, 0) is 36.8 Å². The molecule has 2 aromatic carbocycles. The summed E-state index contributed by atoms with van der Waals surface area (Å²) < 4.78 is 37.8. The van der Waals surface area contributed by atoms with Gasteiger partial charge in [-0.15, -0.1) is 0 Å². The van der Waals surface area contributed by atoms with Crippen molar-refractivity contribution < 1.29 is 27.6 Å². The Balaban J connectivity index is 2.06. The summed E-state index contributed by atoms with van der Waals surface area (Å²) in [7, 11) is 0. The standard InChI is InChI=1S/C16H12F3NO3/c1-10-5-2-3-8-13(10)15(22)23-20-14(21)11-6-4-7-12(9-11)16(17,18)19/h2-9H,1H3,(H,20,21). The normalized spacial score (nSPS) is 11.0. The predicted octanol–water partition coefficient (Wildman–Crippen LogP) is 3.52. The first-order valence-electron chi connectivity index (χ1n) is 6.53. The molecule has 0 aliphatic carbocycles. The summed E-state index contributed by atoms with van der Waals surface area (Å²) in [5, 5.41) is 0. The van der Waals surface area contributed by atoms with E-state index in [1.807, 2.05) is 5.48 Å². The maximum Gasteiger partial charge on any atom is 0.416 e. The summed E-state index contributed by atoms with van der Waals surface area (Å²) in [6.45, 7) is 1.69. The second-order valence-electron chi connectivity index (χ2n) is 4.71. The van der Waals surface area contributed by atoms with Crippen molar-refractivity contribution in [3.8, 4) is 0 Å². The topological polar surface area (TPSA) is 55.4 Å². The molecule has 1 N–H and O–H groups in total. The average molecular weight is 323 g/mol. The van der Waals surface area contributed by atoms with E-state index in [-0.39, 0.29) is 11.1 Å². The van der Waals surface area contributed by atoms with Gasteiger partial charge in [0.05, 0.1) is 11.1 Å². The van der Waals surface area contributed by atoms with Crippen LogP contribution in [0.5, 0.6) is 0 Å². The van der Waals surface area contributed by atoms with Crippen molar-refractivity contribution in [2.24, 2.45) is 0 Å². The third-order valence-corrected chi connectivity index (χ3v) is 3.05. The number of amides is 1. The molecule has 0 fully saturated rings. The van der Waals surface area contributed by atoms with Gasteiger partial charge in [-0.3, -0.25) is 4.79 Å². The quantitative estimate of drug-likeness (QED) is 0.861. The van der Waals surface area contributed by atoms with Gasteiger partial charge in [-0.1, -0.05) is 24.3 Å². The highest BCUT2D eigenvalue weighted by Gasteiger charge is 2.31. The summed E-state index contributed by atoms with van der Waals surface area (Å²) >= 11 is 0. The maximum absolute atomic E-state index is 12.6. The smallest absolute Gasteiger partial charge is 0.335 e. The molecule has 0 unspecified atom stereocenters. The molecule has 0 atom stereocenters. The zero-order chi connectivity index (χ0) is 17.0. The van der Waals surface area contributed by atoms with Crippen LogP contribution < -0.4 is 5.48 Å². The molecule has 2 rings (SSSR count). The molecule has 120 valence electrons. The van der Waals surface area contributed by atoms with Crippen LogP contribution >= 0.6 is 0 Å². The zero-order valence-corrected chi connectivity index (χ0v) is 12.0. The average Bonchev–Trinajstić information content (AvgIpc) is 2.52. The van der Waals surface area contributed by atoms with E-state index in [9.17, 15) is 22.8 Å². The number of rotatable bonds is 2. The fourth-order valence-electron chi connectivity index (χ4n) is 1.85. The van der Waals surface area contributed by atoms with Crippen molar-refractivity contribution in [1.29, 1.82) is 0 Å². The van der Waals surface area contributed by atoms with Gasteiger partial charge in [-0.25, -0.2) is 4.79 Å². The van der Waals surface area contributed by atoms with Gasteiger partial charge in [-0.2, -0.15) is 18.7 Å². The number of alkyl halides is 3. The minimum Gasteiger partial charge on any atom is -0.335 e. The number of halogens is 3. The lowest BCUT2D eigenvalue weighted by molar-refractivity contribution is -0.137. The van der Waals surface area contributed by atoms with E-state index in [0.717, 1.165) is 12.1 Å². The molecule has 0 aliphatic rings. The Kier molecular flexibility index (Phi) is 4.68. The molecule has 0 bridgehead atoms. The Bertz CT molecular complexity index is 741. The molecule has 0 aliphatic heterocycles. The summed E-state index contributed by atoms with van der Waals surface area (Å²) in [5.41, 5.74) is 1.51. The van der Waals surface area contributed by atoms with E-state index in [2.05, 4.69) is 4.84 Å². The molecule has 0 aromatic heterocycles. The lowest BCUT2D eigenvalue weighted by Crippen LogP contribution is -2.27. The van der Waals surface area contributed by atoms with Crippen LogP contribution in [0.2, 0.25) is 0 Å². The van der Waals surface area contributed by atoms with Crippen LogP contribution in [0.3, 0.4) is 0 Å². The van der Waals surface area contributed by atoms with Gasteiger partial charge in [0.2, 0.25) is 0 Å². The molecular weight excluding hydrogens is 311 g/mol. The Morgan fingerprint density at radius 1 is 1.04 bits per heavy atom. The number of benzene rings is 2. The molecule has 7 heteroatoms. The summed E-state index contributed by atoms with van der Waals surface area (Å²) in [4.78, 5) is 28.2. The summed E-state index contributed by atoms with van der Waals surface area (Å²) in [6.07, 6.45) is -4.56. The van der Waals surface area contributed by atoms with Crippen LogP contribution in [0.4, 0.5) is 13.2 Å². The number of nitrogens with one attached hydrogen (secondary N) is 1. The van der Waals surface area contributed by atoms with Crippen LogP contribution in [0.1, 0.15) is 31.8 Å². The zero-order valence-electron chi connectivity index (χ0n) is 12.0. The fourth-order valence-corrected chi connectivity index (χ4v) is 1.85. The first-order chi connectivity index (χ1) is 10.8. The van der Waals surface area contributed by atoms with Crippen molar-refractivity contribution in [3.05, 3.63) is 70.8 Å². The lowest BCUT2D eigenvalue weighted by Gasteiger charge is -2.09. The molecule has 0 radical (unpaired) electrons. The fraction of sp³-hybridized carbons (Fsp3) is 0.125. The summed E-state index contributed by atoms with van der Waals surface area (Å²) in [5.74, 6) is -1.75. The van der Waals surface area contributed by atoms with E-state index >= 15 is 0 Å². The maximum atomic E-state index is 12.6. The number of carbonyl (C=O) groups excluding carboxylic acids is 2. The van der Waals surface area contributed by atoms with Crippen molar-refractivity contribution >= 4 is 11.9 Å². The van der Waals surface area contributed by atoms with Gasteiger partial charge in [0.15, 0.2) is 0 Å². The molecule has 4 nitrogen and oxygen atoms in total. The number of carbonyl (C=O) groups is 2. The van der Waals surface area contributed by atoms with E-state index in [1.54, 1.807) is 25.1 Å². The lowest BCUT2D eigenvalue weighted by atomic mass is 10.1. The van der Waals surface area contributed by atoms with Crippen LogP contribution in [-0.4, -0.2) is 11.9 Å². The third kappa shape index (κ3) is 4.09. The highest BCUT2D eigenvalue weighted by molar-refractivity contribution is 5.96. The molecular formula is C16H12F3NO3. The van der Waals surface area contributed by atoms with Gasteiger partial charge in [0.25, 0.3) is 5.91 Å². The Hall–Kier alpha value is -2.83. The predicted molar refractivity (Wildman–Crippen MR) is 75.5 cm³/mol. The first kappa shape index (κ1) is 16.5. The van der Waals surface area contributed by atoms with Gasteiger partial charge in [0.1, 0.15) is 0 Å². The van der Waals surface area contributed by atoms with E-state index in [0.29, 0.717) is 11.6 Å². The van der Waals surface area contributed by atoms with E-state index in [1.165, 1.54) is 12.1 Å². The number of hydroxylamine groups is 1. The van der Waals surface area contributed by atoms with Crippen molar-refractivity contribution in [1.82, 2.24) is 5.48 Å².